The molecule has 0 fully saturated rings. The van der Waals surface area contributed by atoms with Crippen LogP contribution in [0.4, 0.5) is 0 Å². The Bertz CT molecular complexity index is 253. The molecule has 1 rings (SSSR count). The van der Waals surface area contributed by atoms with Gasteiger partial charge in [0.25, 0.3) is 0 Å². The largest absolute Gasteiger partial charge is 0.332 e. The van der Waals surface area contributed by atoms with Crippen LogP contribution in [-0.4, -0.2) is 9.55 Å². The van der Waals surface area contributed by atoms with Crippen LogP contribution in [0.5, 0.6) is 0 Å². The van der Waals surface area contributed by atoms with Gasteiger partial charge in [-0.1, -0.05) is 33.1 Å². The number of nitrogens with zero attached hydrogens (tertiary/aromatic N) is 2. The Hall–Kier alpha value is -0.790. The van der Waals surface area contributed by atoms with E-state index in [0.717, 1.165) is 6.42 Å². The zero-order chi connectivity index (χ0) is 10.4. The molecule has 0 aliphatic rings. The monoisotopic (exact) mass is 194 g/mol. The van der Waals surface area contributed by atoms with Crippen LogP contribution < -0.4 is 0 Å². The standard InChI is InChI=1S/C12H22N2/c1-4-6-7-8-11(3)14-10-9-13-12(14)5-2/h9-11H,4-8H2,1-3H3. The first-order chi connectivity index (χ1) is 6.79. The van der Waals surface area contributed by atoms with Crippen molar-refractivity contribution in [1.29, 1.82) is 0 Å². The van der Waals surface area contributed by atoms with Gasteiger partial charge in [0.15, 0.2) is 0 Å². The van der Waals surface area contributed by atoms with E-state index >= 15 is 0 Å². The molecular weight excluding hydrogens is 172 g/mol. The molecule has 1 heterocycles. The summed E-state index contributed by atoms with van der Waals surface area (Å²) >= 11 is 0. The van der Waals surface area contributed by atoms with Gasteiger partial charge in [0, 0.05) is 24.9 Å². The van der Waals surface area contributed by atoms with Crippen LogP contribution in [0.15, 0.2) is 12.4 Å². The van der Waals surface area contributed by atoms with Crippen molar-refractivity contribution >= 4 is 0 Å². The zero-order valence-corrected chi connectivity index (χ0v) is 9.66. The molecule has 0 bridgehead atoms. The van der Waals surface area contributed by atoms with Gasteiger partial charge in [-0.2, -0.15) is 0 Å². The van der Waals surface area contributed by atoms with E-state index in [1.165, 1.54) is 31.5 Å². The van der Waals surface area contributed by atoms with E-state index in [9.17, 15) is 0 Å². The van der Waals surface area contributed by atoms with Crippen molar-refractivity contribution in [2.45, 2.75) is 58.9 Å². The number of hydrogen-bond acceptors (Lipinski definition) is 1. The van der Waals surface area contributed by atoms with Crippen LogP contribution >= 0.6 is 0 Å². The Kier molecular flexibility index (Phi) is 4.71. The lowest BCUT2D eigenvalue weighted by Crippen LogP contribution is -2.07. The van der Waals surface area contributed by atoms with Crippen LogP contribution in [0.25, 0.3) is 0 Å². The quantitative estimate of drug-likeness (QED) is 0.633. The minimum absolute atomic E-state index is 0.610. The van der Waals surface area contributed by atoms with Gasteiger partial charge in [0.2, 0.25) is 0 Å². The van der Waals surface area contributed by atoms with Gasteiger partial charge in [-0.25, -0.2) is 4.98 Å². The summed E-state index contributed by atoms with van der Waals surface area (Å²) in [5.74, 6) is 1.22. The molecule has 0 N–H and O–H groups in total. The summed E-state index contributed by atoms with van der Waals surface area (Å²) in [5.41, 5.74) is 0. The van der Waals surface area contributed by atoms with Crippen molar-refractivity contribution in [3.8, 4) is 0 Å². The molecule has 1 unspecified atom stereocenters. The molecule has 2 nitrogen and oxygen atoms in total. The first-order valence-electron chi connectivity index (χ1n) is 5.81. The van der Waals surface area contributed by atoms with E-state index in [-0.39, 0.29) is 0 Å². The second-order valence-corrected chi connectivity index (χ2v) is 3.95. The molecule has 0 aromatic carbocycles. The molecule has 0 amide bonds. The molecule has 80 valence electrons. The highest BCUT2D eigenvalue weighted by Crippen LogP contribution is 2.17. The van der Waals surface area contributed by atoms with Gasteiger partial charge in [-0.15, -0.1) is 0 Å². The van der Waals surface area contributed by atoms with Gasteiger partial charge in [-0.05, 0) is 13.3 Å². The number of hydrogen-bond donors (Lipinski definition) is 0. The Morgan fingerprint density at radius 1 is 1.36 bits per heavy atom. The molecule has 0 spiro atoms. The van der Waals surface area contributed by atoms with E-state index in [2.05, 4.69) is 36.5 Å². The molecule has 2 heteroatoms. The van der Waals surface area contributed by atoms with Crippen molar-refractivity contribution < 1.29 is 0 Å². The van der Waals surface area contributed by atoms with Crippen molar-refractivity contribution in [3.05, 3.63) is 18.2 Å². The fraction of sp³-hybridized carbons (Fsp3) is 0.750. The van der Waals surface area contributed by atoms with Gasteiger partial charge >= 0.3 is 0 Å². The van der Waals surface area contributed by atoms with Gasteiger partial charge in [-0.3, -0.25) is 0 Å². The summed E-state index contributed by atoms with van der Waals surface area (Å²) in [6.07, 6.45) is 10.3. The van der Waals surface area contributed by atoms with Crippen molar-refractivity contribution in [2.75, 3.05) is 0 Å². The first-order valence-corrected chi connectivity index (χ1v) is 5.81. The lowest BCUT2D eigenvalue weighted by atomic mass is 10.1. The van der Waals surface area contributed by atoms with Crippen molar-refractivity contribution in [2.24, 2.45) is 0 Å². The van der Waals surface area contributed by atoms with Crippen LogP contribution in [-0.2, 0) is 6.42 Å². The number of aryl methyl sites for hydroxylation is 1. The maximum Gasteiger partial charge on any atom is 0.108 e. The molecule has 0 radical (unpaired) electrons. The van der Waals surface area contributed by atoms with Crippen LogP contribution in [0.1, 0.15) is 58.3 Å². The third kappa shape index (κ3) is 2.86. The molecular formula is C12H22N2. The molecule has 14 heavy (non-hydrogen) atoms. The third-order valence-corrected chi connectivity index (χ3v) is 2.77. The van der Waals surface area contributed by atoms with Crippen LogP contribution in [0, 0.1) is 0 Å². The van der Waals surface area contributed by atoms with Crippen LogP contribution in [0.2, 0.25) is 0 Å². The Morgan fingerprint density at radius 2 is 2.14 bits per heavy atom. The van der Waals surface area contributed by atoms with Crippen molar-refractivity contribution in [3.63, 3.8) is 0 Å². The number of imidazole rings is 1. The van der Waals surface area contributed by atoms with Gasteiger partial charge in [0.1, 0.15) is 5.82 Å². The van der Waals surface area contributed by atoms with Crippen LogP contribution in [0.3, 0.4) is 0 Å². The summed E-state index contributed by atoms with van der Waals surface area (Å²) in [7, 11) is 0. The molecule has 1 aromatic rings. The Morgan fingerprint density at radius 3 is 2.79 bits per heavy atom. The highest BCUT2D eigenvalue weighted by Gasteiger charge is 2.07. The van der Waals surface area contributed by atoms with Gasteiger partial charge in [0.05, 0.1) is 0 Å². The summed E-state index contributed by atoms with van der Waals surface area (Å²) < 4.78 is 2.32. The third-order valence-electron chi connectivity index (χ3n) is 2.77. The molecule has 0 saturated carbocycles. The van der Waals surface area contributed by atoms with Crippen molar-refractivity contribution in [1.82, 2.24) is 9.55 Å². The summed E-state index contributed by atoms with van der Waals surface area (Å²) in [4.78, 5) is 4.35. The number of aromatic nitrogens is 2. The average molecular weight is 194 g/mol. The minimum atomic E-state index is 0.610. The fourth-order valence-corrected chi connectivity index (χ4v) is 1.85. The second kappa shape index (κ2) is 5.84. The minimum Gasteiger partial charge on any atom is -0.332 e. The molecule has 0 aliphatic heterocycles. The molecule has 1 atom stereocenters. The summed E-state index contributed by atoms with van der Waals surface area (Å²) in [5, 5.41) is 0. The van der Waals surface area contributed by atoms with E-state index in [4.69, 9.17) is 0 Å². The van der Waals surface area contributed by atoms with E-state index in [0.29, 0.717) is 6.04 Å². The first kappa shape index (κ1) is 11.3. The van der Waals surface area contributed by atoms with E-state index in [1.807, 2.05) is 6.20 Å². The Labute approximate surface area is 87.4 Å². The maximum absolute atomic E-state index is 4.35. The van der Waals surface area contributed by atoms with E-state index in [1.54, 1.807) is 0 Å². The van der Waals surface area contributed by atoms with Gasteiger partial charge < -0.3 is 4.57 Å². The summed E-state index contributed by atoms with van der Waals surface area (Å²) in [6.45, 7) is 6.70. The number of unbranched alkanes of at least 4 members (excludes halogenated alkanes) is 2. The lowest BCUT2D eigenvalue weighted by Gasteiger charge is -2.15. The SMILES string of the molecule is CCCCCC(C)n1ccnc1CC. The predicted octanol–water partition coefficient (Wildman–Crippen LogP) is 3.59. The molecule has 1 aromatic heterocycles. The topological polar surface area (TPSA) is 17.8 Å². The normalized spacial score (nSPS) is 13.1. The average Bonchev–Trinajstić information content (AvgIpc) is 2.65. The highest BCUT2D eigenvalue weighted by molar-refractivity contribution is 4.93. The maximum atomic E-state index is 4.35. The highest BCUT2D eigenvalue weighted by atomic mass is 15.1. The second-order valence-electron chi connectivity index (χ2n) is 3.95. The predicted molar refractivity (Wildman–Crippen MR) is 60.5 cm³/mol. The van der Waals surface area contributed by atoms with E-state index < -0.39 is 0 Å². The summed E-state index contributed by atoms with van der Waals surface area (Å²) in [6, 6.07) is 0.610. The lowest BCUT2D eigenvalue weighted by molar-refractivity contribution is 0.464. The molecule has 0 aliphatic carbocycles. The Balaban J connectivity index is 2.47. The number of rotatable bonds is 6. The molecule has 0 saturated heterocycles. The zero-order valence-electron chi connectivity index (χ0n) is 9.66. The smallest absolute Gasteiger partial charge is 0.108 e. The fourth-order valence-electron chi connectivity index (χ4n) is 1.85.